The number of rotatable bonds is 7. The third-order valence-electron chi connectivity index (χ3n) is 10.8. The largest absolute Gasteiger partial charge is 0.444 e. The number of carbonyl (C=O) groups excluding carboxylic acids is 1. The van der Waals surface area contributed by atoms with Gasteiger partial charge in [-0.2, -0.15) is 0 Å². The van der Waals surface area contributed by atoms with Gasteiger partial charge in [-0.05, 0) is 90.0 Å². The summed E-state index contributed by atoms with van der Waals surface area (Å²) in [4.78, 5) is 63.0. The smallest absolute Gasteiger partial charge is 0.410 e. The zero-order valence-corrected chi connectivity index (χ0v) is 44.7. The van der Waals surface area contributed by atoms with Crippen molar-refractivity contribution in [2.75, 3.05) is 0 Å². The number of hydrogen-bond acceptors (Lipinski definition) is 12. The molecule has 10 rings (SSSR count). The van der Waals surface area contributed by atoms with Crippen LogP contribution in [0.25, 0.3) is 0 Å². The molecule has 0 aliphatic carbocycles. The number of hydrogen-bond donors (Lipinski definition) is 1. The molecule has 8 heterocycles. The van der Waals surface area contributed by atoms with Crippen LogP contribution in [0.3, 0.4) is 0 Å². The molecule has 1 amide bonds. The van der Waals surface area contributed by atoms with Gasteiger partial charge in [-0.3, -0.25) is 19.4 Å². The summed E-state index contributed by atoms with van der Waals surface area (Å²) in [5.74, 6) is 0. The number of carbonyl (C=O) groups is 1. The van der Waals surface area contributed by atoms with Crippen molar-refractivity contribution >= 4 is 91.6 Å². The van der Waals surface area contributed by atoms with Crippen molar-refractivity contribution in [3.8, 4) is 0 Å². The molecule has 15 nitrogen and oxygen atoms in total. The summed E-state index contributed by atoms with van der Waals surface area (Å²) in [6.07, 6.45) is 3.21. The molecule has 370 valence electrons. The van der Waals surface area contributed by atoms with Gasteiger partial charge in [0.15, 0.2) is 0 Å². The molecule has 0 saturated carbocycles. The van der Waals surface area contributed by atoms with Gasteiger partial charge in [0, 0.05) is 79.3 Å². The van der Waals surface area contributed by atoms with Crippen molar-refractivity contribution in [1.29, 1.82) is 0 Å². The average Bonchev–Trinajstić information content (AvgIpc) is 4.09. The lowest BCUT2D eigenvalue weighted by molar-refractivity contribution is 0.0240. The normalized spacial score (nSPS) is 13.4. The molecule has 0 fully saturated rings. The van der Waals surface area contributed by atoms with Crippen molar-refractivity contribution in [2.45, 2.75) is 90.6 Å². The second-order valence-corrected chi connectivity index (χ2v) is 20.0. The fourth-order valence-corrected chi connectivity index (χ4v) is 9.24. The Bertz CT molecular complexity index is 3120. The van der Waals surface area contributed by atoms with Gasteiger partial charge in [-0.25, -0.2) is 34.7 Å². The molecule has 0 spiro atoms. The molecule has 3 aliphatic rings. The Balaban J connectivity index is 0.000000146. The number of fused-ring (bicyclic) bond motifs is 3. The quantitative estimate of drug-likeness (QED) is 0.0913. The van der Waals surface area contributed by atoms with Gasteiger partial charge in [0.05, 0.1) is 43.3 Å². The van der Waals surface area contributed by atoms with Crippen molar-refractivity contribution in [2.24, 2.45) is 0 Å². The molecule has 0 radical (unpaired) electrons. The van der Waals surface area contributed by atoms with E-state index in [1.807, 2.05) is 32.9 Å². The summed E-state index contributed by atoms with van der Waals surface area (Å²) in [7, 11) is 0. The number of aromatic nitrogens is 8. The summed E-state index contributed by atoms with van der Waals surface area (Å²) in [5, 5.41) is 5.66. The highest BCUT2D eigenvalue weighted by molar-refractivity contribution is 9.08. The lowest BCUT2D eigenvalue weighted by Crippen LogP contribution is -2.33. The van der Waals surface area contributed by atoms with Crippen LogP contribution in [0.5, 0.6) is 0 Å². The van der Waals surface area contributed by atoms with E-state index in [1.54, 1.807) is 45.8 Å². The number of nitrogens with zero attached hydrogens (tertiary/aromatic N) is 10. The van der Waals surface area contributed by atoms with E-state index in [-0.39, 0.29) is 32.1 Å². The molecule has 0 unspecified atom stereocenters. The molecular formula is C49H46BrCl6N11O4. The molecular weight excluding hydrogens is 1100 g/mol. The van der Waals surface area contributed by atoms with Crippen LogP contribution in [0.4, 0.5) is 4.79 Å². The van der Waals surface area contributed by atoms with E-state index >= 15 is 0 Å². The van der Waals surface area contributed by atoms with Crippen LogP contribution in [-0.4, -0.2) is 60.5 Å². The van der Waals surface area contributed by atoms with E-state index in [0.29, 0.717) is 55.3 Å². The molecule has 7 aromatic rings. The Kier molecular flexibility index (Phi) is 18.6. The van der Waals surface area contributed by atoms with Gasteiger partial charge in [-0.15, -0.1) is 0 Å². The first-order valence-corrected chi connectivity index (χ1v) is 25.4. The van der Waals surface area contributed by atoms with Gasteiger partial charge in [0.1, 0.15) is 21.1 Å². The average molecular weight is 1150 g/mol. The van der Waals surface area contributed by atoms with Gasteiger partial charge >= 0.3 is 6.09 Å². The van der Waals surface area contributed by atoms with Crippen LogP contribution < -0.4 is 16.4 Å². The number of benzene rings is 2. The topological polar surface area (TPSA) is 166 Å². The molecule has 22 heteroatoms. The van der Waals surface area contributed by atoms with Crippen LogP contribution in [0.1, 0.15) is 76.8 Å². The maximum absolute atomic E-state index is 11.9. The summed E-state index contributed by atoms with van der Waals surface area (Å²) < 4.78 is 8.67. The SMILES string of the molecule is CC(C)(C)OC(=O)N1Cc2nc(Cl)nc(Cl)c2C1.Clc1nc(Cl)c2c(n1)CNC2.O=c1ccccn1Cc1ccc(CBr)cc1.O=c1ccccn1Cc1ccc(CN2Cc3nc(Cl)nc(Cl)c3C2)cc1. The third kappa shape index (κ3) is 15.3. The Labute approximate surface area is 448 Å². The fourth-order valence-electron chi connectivity index (χ4n) is 7.42. The van der Waals surface area contributed by atoms with E-state index in [0.717, 1.165) is 64.2 Å². The van der Waals surface area contributed by atoms with Crippen molar-refractivity contribution in [3.05, 3.63) is 205 Å². The summed E-state index contributed by atoms with van der Waals surface area (Å²) in [5.41, 5.74) is 9.30. The second-order valence-electron chi connectivity index (χ2n) is 17.3. The van der Waals surface area contributed by atoms with Crippen LogP contribution in [-0.2, 0) is 69.0 Å². The highest BCUT2D eigenvalue weighted by Crippen LogP contribution is 2.30. The van der Waals surface area contributed by atoms with Crippen LogP contribution >= 0.6 is 85.5 Å². The van der Waals surface area contributed by atoms with E-state index in [1.165, 1.54) is 16.0 Å². The first kappa shape index (κ1) is 53.8. The molecule has 0 saturated heterocycles. The first-order chi connectivity index (χ1) is 33.9. The number of nitrogens with one attached hydrogen (secondary N) is 1. The number of pyridine rings is 2. The predicted octanol–water partition coefficient (Wildman–Crippen LogP) is 10.7. The third-order valence-corrected chi connectivity index (χ3v) is 12.9. The van der Waals surface area contributed by atoms with Gasteiger partial charge in [0.25, 0.3) is 11.1 Å². The van der Waals surface area contributed by atoms with Crippen molar-refractivity contribution in [1.82, 2.24) is 54.2 Å². The molecule has 71 heavy (non-hydrogen) atoms. The van der Waals surface area contributed by atoms with Crippen LogP contribution in [0, 0.1) is 0 Å². The minimum atomic E-state index is -0.529. The molecule has 2 aromatic carbocycles. The Morgan fingerprint density at radius 2 is 1.01 bits per heavy atom. The zero-order valence-electron chi connectivity index (χ0n) is 38.6. The minimum absolute atomic E-state index is 0.00283. The van der Waals surface area contributed by atoms with Crippen molar-refractivity contribution in [3.63, 3.8) is 0 Å². The summed E-state index contributed by atoms with van der Waals surface area (Å²) >= 11 is 38.5. The highest BCUT2D eigenvalue weighted by atomic mass is 79.9. The fraction of sp³-hybridized carbons (Fsp3) is 0.286. The van der Waals surface area contributed by atoms with E-state index in [2.05, 4.69) is 105 Å². The number of ether oxygens (including phenoxy) is 1. The highest BCUT2D eigenvalue weighted by Gasteiger charge is 2.31. The molecule has 0 atom stereocenters. The van der Waals surface area contributed by atoms with Gasteiger partial charge in [0.2, 0.25) is 15.9 Å². The van der Waals surface area contributed by atoms with E-state index < -0.39 is 11.7 Å². The van der Waals surface area contributed by atoms with Crippen LogP contribution in [0.15, 0.2) is 107 Å². The number of alkyl halides is 1. The Morgan fingerprint density at radius 3 is 1.51 bits per heavy atom. The van der Waals surface area contributed by atoms with Gasteiger partial charge in [-0.1, -0.05) is 111 Å². The van der Waals surface area contributed by atoms with E-state index in [9.17, 15) is 14.4 Å². The lowest BCUT2D eigenvalue weighted by Gasteiger charge is -2.23. The first-order valence-electron chi connectivity index (χ1n) is 22.0. The van der Waals surface area contributed by atoms with E-state index in [4.69, 9.17) is 74.3 Å². The van der Waals surface area contributed by atoms with Crippen molar-refractivity contribution < 1.29 is 9.53 Å². The maximum atomic E-state index is 11.9. The maximum Gasteiger partial charge on any atom is 0.410 e. The molecule has 5 aromatic heterocycles. The lowest BCUT2D eigenvalue weighted by atomic mass is 10.1. The Hall–Kier alpha value is -5.01. The zero-order chi connectivity index (χ0) is 50.8. The molecule has 3 aliphatic heterocycles. The predicted molar refractivity (Wildman–Crippen MR) is 280 cm³/mol. The Morgan fingerprint density at radius 1 is 0.563 bits per heavy atom. The standard InChI is InChI=1S/C19H16Cl2N4O.C13H12BrNO.C11H13Cl2N3O2.C6H5Cl2N3/c20-18-15-11-24(12-16(15)22-19(21)23-18)9-13-4-6-14(7-5-13)10-25-8-2-1-3-17(25)26;14-9-11-4-6-12(7-5-11)10-15-8-2-1-3-13(15)16;1-11(2,3)18-10(17)16-4-6-7(5-16)14-9(13)15-8(6)12;7-5-3-1-9-2-4(3)10-6(8)11-5/h1-8H,9-12H2;1-8H,9-10H2;4-5H2,1-3H3;9H,1-2H2. The molecule has 0 bridgehead atoms. The number of halogens is 7. The van der Waals surface area contributed by atoms with Gasteiger partial charge < -0.3 is 19.2 Å². The summed E-state index contributed by atoms with van der Waals surface area (Å²) in [6, 6.07) is 26.9. The summed E-state index contributed by atoms with van der Waals surface area (Å²) in [6.45, 7) is 11.0. The second kappa shape index (κ2) is 24.6. The number of amides is 1. The minimum Gasteiger partial charge on any atom is -0.444 e. The monoisotopic (exact) mass is 1140 g/mol. The molecule has 1 N–H and O–H groups in total. The van der Waals surface area contributed by atoms with Crippen LogP contribution in [0.2, 0.25) is 31.3 Å².